The molecule has 1 aliphatic carbocycles. The van der Waals surface area contributed by atoms with E-state index < -0.39 is 18.0 Å². The molecular weight excluding hydrogens is 302 g/mol. The van der Waals surface area contributed by atoms with Crippen LogP contribution in [0.15, 0.2) is 17.1 Å². The van der Waals surface area contributed by atoms with E-state index in [0.717, 1.165) is 23.4 Å². The van der Waals surface area contributed by atoms with Gasteiger partial charge in [0.15, 0.2) is 0 Å². The lowest BCUT2D eigenvalue weighted by molar-refractivity contribution is -0.146. The number of hydrogen-bond donors (Lipinski definition) is 0. The lowest BCUT2D eigenvalue weighted by Gasteiger charge is -2.34. The predicted molar refractivity (Wildman–Crippen MR) is 85.8 cm³/mol. The number of nitrogens with zero attached hydrogens (tertiary/aromatic N) is 2. The quantitative estimate of drug-likeness (QED) is 0.469. The van der Waals surface area contributed by atoms with Crippen molar-refractivity contribution in [3.05, 3.63) is 28.8 Å². The summed E-state index contributed by atoms with van der Waals surface area (Å²) < 4.78 is 30.7. The Bertz CT molecular complexity index is 621. The second-order valence-corrected chi connectivity index (χ2v) is 5.99. The summed E-state index contributed by atoms with van der Waals surface area (Å²) >= 11 is 0. The van der Waals surface area contributed by atoms with Crippen LogP contribution in [-0.4, -0.2) is 42.8 Å². The van der Waals surface area contributed by atoms with E-state index in [9.17, 15) is 13.6 Å². The van der Waals surface area contributed by atoms with Gasteiger partial charge < -0.3 is 9.64 Å². The van der Waals surface area contributed by atoms with Gasteiger partial charge in [0.25, 0.3) is 5.92 Å². The second-order valence-electron chi connectivity index (χ2n) is 5.99. The largest absolute Gasteiger partial charge is 0.458 e. The topological polar surface area (TPSA) is 41.9 Å². The molecule has 0 radical (unpaired) electrons. The highest BCUT2D eigenvalue weighted by Crippen LogP contribution is 2.39. The van der Waals surface area contributed by atoms with Crippen molar-refractivity contribution < 1.29 is 18.3 Å². The summed E-state index contributed by atoms with van der Waals surface area (Å²) in [6, 6.07) is 3.38. The molecule has 0 amide bonds. The molecule has 0 aromatic heterocycles. The van der Waals surface area contributed by atoms with Gasteiger partial charge in [0.05, 0.1) is 17.6 Å². The Labute approximate surface area is 135 Å². The smallest absolute Gasteiger partial charge is 0.338 e. The number of benzene rings is 1. The van der Waals surface area contributed by atoms with Crippen LogP contribution in [0.2, 0.25) is 0 Å². The minimum absolute atomic E-state index is 0.386. The van der Waals surface area contributed by atoms with Crippen LogP contribution in [0.3, 0.4) is 0 Å². The Balaban J connectivity index is 2.10. The van der Waals surface area contributed by atoms with Crippen molar-refractivity contribution in [1.82, 2.24) is 4.90 Å². The first-order chi connectivity index (χ1) is 10.7. The molecule has 0 aliphatic heterocycles. The maximum absolute atomic E-state index is 12.8. The molecule has 0 N–H and O–H groups in total. The van der Waals surface area contributed by atoms with E-state index in [-0.39, 0.29) is 12.8 Å². The zero-order valence-corrected chi connectivity index (χ0v) is 13.9. The number of alkyl halides is 2. The molecule has 0 saturated heterocycles. The van der Waals surface area contributed by atoms with Gasteiger partial charge in [-0.05, 0) is 44.0 Å². The highest BCUT2D eigenvalue weighted by molar-refractivity contribution is 5.92. The maximum Gasteiger partial charge on any atom is 0.338 e. The van der Waals surface area contributed by atoms with Crippen molar-refractivity contribution in [2.45, 2.75) is 45.6 Å². The number of halogens is 2. The van der Waals surface area contributed by atoms with Crippen LogP contribution in [0, 0.1) is 13.8 Å². The first-order valence-corrected chi connectivity index (χ1v) is 7.67. The molecule has 1 aliphatic rings. The van der Waals surface area contributed by atoms with Crippen LogP contribution in [0.1, 0.15) is 41.3 Å². The van der Waals surface area contributed by atoms with Crippen molar-refractivity contribution in [1.29, 1.82) is 0 Å². The Morgan fingerprint density at radius 3 is 2.61 bits per heavy atom. The monoisotopic (exact) mass is 324 g/mol. The fourth-order valence-corrected chi connectivity index (χ4v) is 2.31. The van der Waals surface area contributed by atoms with Gasteiger partial charge in [0, 0.05) is 26.4 Å². The van der Waals surface area contributed by atoms with Crippen molar-refractivity contribution in [2.75, 3.05) is 13.6 Å². The van der Waals surface area contributed by atoms with Gasteiger partial charge in [0.2, 0.25) is 0 Å². The summed E-state index contributed by atoms with van der Waals surface area (Å²) in [4.78, 5) is 18.5. The summed E-state index contributed by atoms with van der Waals surface area (Å²) in [5, 5.41) is 0. The van der Waals surface area contributed by atoms with Gasteiger partial charge in [0.1, 0.15) is 6.10 Å². The van der Waals surface area contributed by atoms with Gasteiger partial charge in [-0.25, -0.2) is 18.6 Å². The van der Waals surface area contributed by atoms with E-state index in [1.165, 1.54) is 0 Å². The number of rotatable bonds is 5. The second kappa shape index (κ2) is 6.64. The molecule has 0 spiro atoms. The van der Waals surface area contributed by atoms with E-state index in [0.29, 0.717) is 5.56 Å². The molecule has 2 rings (SSSR count). The normalized spacial score (nSPS) is 17.1. The molecule has 1 saturated carbocycles. The maximum atomic E-state index is 12.8. The average molecular weight is 324 g/mol. The lowest BCUT2D eigenvalue weighted by Crippen LogP contribution is -2.42. The molecule has 1 aromatic rings. The highest BCUT2D eigenvalue weighted by Gasteiger charge is 2.47. The number of carbonyl (C=O) groups excluding carboxylic acids is 1. The molecular formula is C17H22F2N2O2. The standard InChI is InChI=1S/C17H22F2N2O2/c1-5-21(4)10-20-15-7-6-14(11(2)12(15)3)16(22)23-13-8-17(18,19)9-13/h6-7,10,13H,5,8-9H2,1-4H3. The van der Waals surface area contributed by atoms with Crippen molar-refractivity contribution >= 4 is 18.0 Å². The molecule has 0 bridgehead atoms. The number of esters is 1. The summed E-state index contributed by atoms with van der Waals surface area (Å²) in [6.07, 6.45) is 0.273. The molecule has 6 heteroatoms. The first-order valence-electron chi connectivity index (χ1n) is 7.67. The Hall–Kier alpha value is -1.98. The number of carbonyl (C=O) groups is 1. The fraction of sp³-hybridized carbons (Fsp3) is 0.529. The Morgan fingerprint density at radius 2 is 2.04 bits per heavy atom. The molecule has 126 valence electrons. The van der Waals surface area contributed by atoms with E-state index in [1.54, 1.807) is 18.5 Å². The predicted octanol–water partition coefficient (Wildman–Crippen LogP) is 3.87. The summed E-state index contributed by atoms with van der Waals surface area (Å²) in [5.41, 5.74) is 2.81. The van der Waals surface area contributed by atoms with Crippen LogP contribution >= 0.6 is 0 Å². The fourth-order valence-electron chi connectivity index (χ4n) is 2.31. The summed E-state index contributed by atoms with van der Waals surface area (Å²) in [6.45, 7) is 6.55. The minimum Gasteiger partial charge on any atom is -0.458 e. The van der Waals surface area contributed by atoms with Crippen molar-refractivity contribution in [3.63, 3.8) is 0 Å². The number of hydrogen-bond acceptors (Lipinski definition) is 3. The van der Waals surface area contributed by atoms with Gasteiger partial charge >= 0.3 is 5.97 Å². The van der Waals surface area contributed by atoms with E-state index >= 15 is 0 Å². The zero-order valence-electron chi connectivity index (χ0n) is 13.9. The van der Waals surface area contributed by atoms with Gasteiger partial charge in [-0.3, -0.25) is 0 Å². The van der Waals surface area contributed by atoms with Gasteiger partial charge in [-0.1, -0.05) is 0 Å². The van der Waals surface area contributed by atoms with Gasteiger partial charge in [-0.15, -0.1) is 0 Å². The van der Waals surface area contributed by atoms with Crippen LogP contribution in [0.25, 0.3) is 0 Å². The molecule has 0 unspecified atom stereocenters. The molecule has 0 heterocycles. The third-order valence-corrected chi connectivity index (χ3v) is 4.20. The first kappa shape index (κ1) is 17.4. The number of ether oxygens (including phenoxy) is 1. The molecule has 1 aromatic carbocycles. The zero-order chi connectivity index (χ0) is 17.2. The molecule has 0 atom stereocenters. The molecule has 23 heavy (non-hydrogen) atoms. The Morgan fingerprint density at radius 1 is 1.39 bits per heavy atom. The summed E-state index contributed by atoms with van der Waals surface area (Å²) in [5.74, 6) is -3.24. The Kier molecular flexibility index (Phi) is 5.02. The van der Waals surface area contributed by atoms with Crippen molar-refractivity contribution in [2.24, 2.45) is 4.99 Å². The lowest BCUT2D eigenvalue weighted by atomic mass is 9.91. The van der Waals surface area contributed by atoms with E-state index in [2.05, 4.69) is 4.99 Å². The van der Waals surface area contributed by atoms with Crippen LogP contribution in [-0.2, 0) is 4.74 Å². The van der Waals surface area contributed by atoms with E-state index in [1.807, 2.05) is 32.7 Å². The van der Waals surface area contributed by atoms with Crippen molar-refractivity contribution in [3.8, 4) is 0 Å². The number of aliphatic imine (C=N–C) groups is 1. The third-order valence-electron chi connectivity index (χ3n) is 4.20. The minimum atomic E-state index is -2.69. The third kappa shape index (κ3) is 4.06. The SMILES string of the molecule is CCN(C)C=Nc1ccc(C(=O)OC2CC(F)(F)C2)c(C)c1C. The molecule has 4 nitrogen and oxygen atoms in total. The average Bonchev–Trinajstić information content (AvgIpc) is 2.46. The van der Waals surface area contributed by atoms with Crippen LogP contribution < -0.4 is 0 Å². The highest BCUT2D eigenvalue weighted by atomic mass is 19.3. The summed E-state index contributed by atoms with van der Waals surface area (Å²) in [7, 11) is 1.92. The van der Waals surface area contributed by atoms with Gasteiger partial charge in [-0.2, -0.15) is 0 Å². The molecule has 1 fully saturated rings. The van der Waals surface area contributed by atoms with Crippen LogP contribution in [0.4, 0.5) is 14.5 Å². The van der Waals surface area contributed by atoms with E-state index in [4.69, 9.17) is 4.74 Å². The van der Waals surface area contributed by atoms with Crippen LogP contribution in [0.5, 0.6) is 0 Å².